The van der Waals surface area contributed by atoms with Crippen molar-refractivity contribution in [3.8, 4) is 0 Å². The van der Waals surface area contributed by atoms with Crippen molar-refractivity contribution in [2.24, 2.45) is 0 Å². The Balaban J connectivity index is 1.70. The van der Waals surface area contributed by atoms with Crippen LogP contribution in [0.1, 0.15) is 23.6 Å². The van der Waals surface area contributed by atoms with E-state index in [1.165, 1.54) is 5.56 Å². The monoisotopic (exact) mass is 414 g/mol. The molecule has 0 aliphatic carbocycles. The number of benzene rings is 2. The van der Waals surface area contributed by atoms with Crippen molar-refractivity contribution in [1.29, 1.82) is 0 Å². The van der Waals surface area contributed by atoms with E-state index in [9.17, 15) is 14.4 Å². The van der Waals surface area contributed by atoms with Crippen molar-refractivity contribution in [3.63, 3.8) is 0 Å². The fourth-order valence-corrected chi connectivity index (χ4v) is 3.71. The molecule has 1 N–H and O–H groups in total. The van der Waals surface area contributed by atoms with Crippen molar-refractivity contribution < 1.29 is 14.4 Å². The largest absolute Gasteiger partial charge is 0.324 e. The highest BCUT2D eigenvalue weighted by Crippen LogP contribution is 2.32. The minimum Gasteiger partial charge on any atom is -0.324 e. The molecule has 1 aliphatic heterocycles. The van der Waals surface area contributed by atoms with E-state index >= 15 is 0 Å². The topological polar surface area (TPSA) is 66.5 Å². The van der Waals surface area contributed by atoms with Crippen molar-refractivity contribution in [2.45, 2.75) is 20.3 Å². The zero-order valence-corrected chi connectivity index (χ0v) is 17.1. The molecule has 1 aliphatic rings. The third-order valence-corrected chi connectivity index (χ3v) is 5.48. The molecular weight excluding hydrogens is 396 g/mol. The Kier molecular flexibility index (Phi) is 6.21. The van der Waals surface area contributed by atoms with Crippen LogP contribution in [-0.2, 0) is 16.0 Å². The maximum absolute atomic E-state index is 12.6. The predicted molar refractivity (Wildman–Crippen MR) is 113 cm³/mol. The number of hydrogen-bond acceptors (Lipinski definition) is 4. The molecule has 2 aromatic carbocycles. The first-order valence-electron chi connectivity index (χ1n) is 8.77. The minimum absolute atomic E-state index is 0.306. The van der Waals surface area contributed by atoms with Gasteiger partial charge >= 0.3 is 0 Å². The average Bonchev–Trinajstić information content (AvgIpc) is 2.92. The first-order chi connectivity index (χ1) is 13.4. The molecule has 3 amide bonds. The van der Waals surface area contributed by atoms with Gasteiger partial charge in [-0.1, -0.05) is 48.9 Å². The van der Waals surface area contributed by atoms with Crippen LogP contribution in [0.4, 0.5) is 10.5 Å². The van der Waals surface area contributed by atoms with Crippen molar-refractivity contribution in [3.05, 3.63) is 69.1 Å². The van der Waals surface area contributed by atoms with E-state index in [2.05, 4.69) is 12.2 Å². The molecule has 0 saturated carbocycles. The van der Waals surface area contributed by atoms with Gasteiger partial charge in [-0.25, -0.2) is 0 Å². The second-order valence-corrected chi connectivity index (χ2v) is 7.80. The SMILES string of the molecule is CCc1ccc(/C=C2\SC(=O)N(CC(=O)Nc3cc(Cl)ccc3C)C2=O)cc1. The first-order valence-corrected chi connectivity index (χ1v) is 9.97. The molecule has 7 heteroatoms. The molecule has 28 heavy (non-hydrogen) atoms. The molecule has 5 nitrogen and oxygen atoms in total. The molecule has 0 radical (unpaired) electrons. The minimum atomic E-state index is -0.465. The van der Waals surface area contributed by atoms with Gasteiger partial charge in [-0.2, -0.15) is 0 Å². The zero-order valence-electron chi connectivity index (χ0n) is 15.5. The van der Waals surface area contributed by atoms with E-state index in [1.807, 2.05) is 31.2 Å². The molecule has 0 bridgehead atoms. The lowest BCUT2D eigenvalue weighted by Crippen LogP contribution is -2.36. The summed E-state index contributed by atoms with van der Waals surface area (Å²) in [6.45, 7) is 3.55. The number of carbonyl (C=O) groups is 3. The van der Waals surface area contributed by atoms with Crippen LogP contribution in [-0.4, -0.2) is 28.5 Å². The van der Waals surface area contributed by atoms with E-state index < -0.39 is 17.1 Å². The standard InChI is InChI=1S/C21H19ClN2O3S/c1-3-14-5-7-15(8-6-14)10-18-20(26)24(21(27)28-18)12-19(25)23-17-11-16(22)9-4-13(17)2/h4-11H,3,12H2,1-2H3,(H,23,25)/b18-10-. The molecule has 0 spiro atoms. The molecule has 0 aromatic heterocycles. The number of nitrogens with one attached hydrogen (secondary N) is 1. The highest BCUT2D eigenvalue weighted by atomic mass is 35.5. The molecule has 3 rings (SSSR count). The summed E-state index contributed by atoms with van der Waals surface area (Å²) in [5.41, 5.74) is 3.42. The second kappa shape index (κ2) is 8.63. The van der Waals surface area contributed by atoms with E-state index in [0.717, 1.165) is 34.2 Å². The molecule has 1 saturated heterocycles. The quantitative estimate of drug-likeness (QED) is 0.707. The Bertz CT molecular complexity index is 970. The molecular formula is C21H19ClN2O3S. The van der Waals surface area contributed by atoms with E-state index in [-0.39, 0.29) is 6.54 Å². The van der Waals surface area contributed by atoms with Crippen molar-refractivity contribution in [1.82, 2.24) is 4.90 Å². The van der Waals surface area contributed by atoms with E-state index in [0.29, 0.717) is 15.6 Å². The van der Waals surface area contributed by atoms with E-state index in [4.69, 9.17) is 11.6 Å². The van der Waals surface area contributed by atoms with Gasteiger partial charge in [0.15, 0.2) is 0 Å². The number of imide groups is 1. The maximum atomic E-state index is 12.6. The van der Waals surface area contributed by atoms with Crippen LogP contribution in [0.25, 0.3) is 6.08 Å². The molecule has 0 atom stereocenters. The second-order valence-electron chi connectivity index (χ2n) is 6.37. The molecule has 0 unspecified atom stereocenters. The Hall–Kier alpha value is -2.57. The van der Waals surface area contributed by atoms with Gasteiger partial charge in [0.05, 0.1) is 4.91 Å². The lowest BCUT2D eigenvalue weighted by molar-refractivity contribution is -0.127. The summed E-state index contributed by atoms with van der Waals surface area (Å²) in [7, 11) is 0. The Morgan fingerprint density at radius 3 is 2.57 bits per heavy atom. The number of halogens is 1. The van der Waals surface area contributed by atoms with Gasteiger partial charge < -0.3 is 5.32 Å². The zero-order chi connectivity index (χ0) is 20.3. The number of thioether (sulfide) groups is 1. The number of anilines is 1. The number of hydrogen-bond donors (Lipinski definition) is 1. The van der Waals surface area contributed by atoms with Gasteiger partial charge in [0.25, 0.3) is 11.1 Å². The lowest BCUT2D eigenvalue weighted by atomic mass is 10.1. The Morgan fingerprint density at radius 2 is 1.89 bits per heavy atom. The third-order valence-electron chi connectivity index (χ3n) is 4.33. The summed E-state index contributed by atoms with van der Waals surface area (Å²) in [5, 5.41) is 2.73. The number of carbonyl (C=O) groups excluding carboxylic acids is 3. The van der Waals surface area contributed by atoms with Crippen molar-refractivity contribution >= 4 is 52.2 Å². The smallest absolute Gasteiger partial charge is 0.294 e. The summed E-state index contributed by atoms with van der Waals surface area (Å²) in [6, 6.07) is 12.9. The summed E-state index contributed by atoms with van der Waals surface area (Å²) >= 11 is 6.79. The summed E-state index contributed by atoms with van der Waals surface area (Å²) < 4.78 is 0. The maximum Gasteiger partial charge on any atom is 0.294 e. The summed E-state index contributed by atoms with van der Waals surface area (Å²) in [5.74, 6) is -0.922. The number of aryl methyl sites for hydroxylation is 2. The fourth-order valence-electron chi connectivity index (χ4n) is 2.70. The van der Waals surface area contributed by atoms with Crippen LogP contribution in [0.15, 0.2) is 47.4 Å². The first kappa shape index (κ1) is 20.2. The van der Waals surface area contributed by atoms with E-state index in [1.54, 1.807) is 24.3 Å². The fraction of sp³-hybridized carbons (Fsp3) is 0.190. The van der Waals surface area contributed by atoms with Gasteiger partial charge in [0.1, 0.15) is 6.54 Å². The number of rotatable bonds is 5. The van der Waals surface area contributed by atoms with Gasteiger partial charge in [-0.05, 0) is 60.0 Å². The van der Waals surface area contributed by atoms with Gasteiger partial charge in [0, 0.05) is 10.7 Å². The summed E-state index contributed by atoms with van der Waals surface area (Å²) in [4.78, 5) is 38.4. The van der Waals surface area contributed by atoms with Crippen LogP contribution in [0.5, 0.6) is 0 Å². The van der Waals surface area contributed by atoms with Crippen LogP contribution in [0.2, 0.25) is 5.02 Å². The van der Waals surface area contributed by atoms with Crippen LogP contribution in [0.3, 0.4) is 0 Å². The van der Waals surface area contributed by atoms with Crippen LogP contribution < -0.4 is 5.32 Å². The Morgan fingerprint density at radius 1 is 1.18 bits per heavy atom. The lowest BCUT2D eigenvalue weighted by Gasteiger charge is -2.13. The highest BCUT2D eigenvalue weighted by Gasteiger charge is 2.36. The highest BCUT2D eigenvalue weighted by molar-refractivity contribution is 8.18. The third kappa shape index (κ3) is 4.64. The molecule has 144 valence electrons. The van der Waals surface area contributed by atoms with Crippen molar-refractivity contribution in [2.75, 3.05) is 11.9 Å². The average molecular weight is 415 g/mol. The van der Waals surface area contributed by atoms with Crippen LogP contribution in [0, 0.1) is 6.92 Å². The van der Waals surface area contributed by atoms with Gasteiger partial charge in [-0.3, -0.25) is 19.3 Å². The molecule has 1 heterocycles. The molecule has 1 fully saturated rings. The van der Waals surface area contributed by atoms with Gasteiger partial charge in [-0.15, -0.1) is 0 Å². The van der Waals surface area contributed by atoms with Crippen LogP contribution >= 0.6 is 23.4 Å². The number of nitrogens with zero attached hydrogens (tertiary/aromatic N) is 1. The Labute approximate surface area is 172 Å². The van der Waals surface area contributed by atoms with Gasteiger partial charge in [0.2, 0.25) is 5.91 Å². The number of amides is 3. The normalized spacial score (nSPS) is 15.4. The molecule has 2 aromatic rings. The summed E-state index contributed by atoms with van der Waals surface area (Å²) in [6.07, 6.45) is 2.60. The predicted octanol–water partition coefficient (Wildman–Crippen LogP) is 4.89.